The zero-order valence-corrected chi connectivity index (χ0v) is 12.7. The van der Waals surface area contributed by atoms with Gasteiger partial charge in [-0.3, -0.25) is 4.79 Å². The first-order chi connectivity index (χ1) is 9.56. The molecule has 0 aromatic carbocycles. The van der Waals surface area contributed by atoms with Gasteiger partial charge in [-0.25, -0.2) is 0 Å². The molecule has 0 radical (unpaired) electrons. The normalized spacial score (nSPS) is 24.6. The van der Waals surface area contributed by atoms with Crippen molar-refractivity contribution in [2.75, 3.05) is 0 Å². The van der Waals surface area contributed by atoms with E-state index >= 15 is 0 Å². The van der Waals surface area contributed by atoms with Crippen molar-refractivity contribution in [1.29, 1.82) is 0 Å². The molecular weight excluding hydrogens is 252 g/mol. The average molecular weight is 278 g/mol. The first-order valence-corrected chi connectivity index (χ1v) is 7.66. The summed E-state index contributed by atoms with van der Waals surface area (Å²) >= 11 is 0. The van der Waals surface area contributed by atoms with Gasteiger partial charge < -0.3 is 15.1 Å². The zero-order valence-electron chi connectivity index (χ0n) is 12.7. The lowest BCUT2D eigenvalue weighted by Gasteiger charge is -2.31. The Kier molecular flexibility index (Phi) is 5.24. The molecular formula is C16H26N2O2. The van der Waals surface area contributed by atoms with E-state index in [1.807, 2.05) is 26.0 Å². The molecule has 1 heterocycles. The maximum absolute atomic E-state index is 12.1. The Morgan fingerprint density at radius 3 is 2.80 bits per heavy atom. The zero-order chi connectivity index (χ0) is 14.5. The van der Waals surface area contributed by atoms with E-state index in [1.54, 1.807) is 6.26 Å². The second-order valence-electron chi connectivity index (χ2n) is 6.13. The molecule has 1 aromatic rings. The van der Waals surface area contributed by atoms with Crippen LogP contribution in [0.15, 0.2) is 22.8 Å². The van der Waals surface area contributed by atoms with E-state index in [4.69, 9.17) is 4.42 Å². The molecule has 112 valence electrons. The number of hydrogen-bond donors (Lipinski definition) is 2. The fourth-order valence-electron chi connectivity index (χ4n) is 2.96. The largest absolute Gasteiger partial charge is 0.468 e. The van der Waals surface area contributed by atoms with E-state index in [0.717, 1.165) is 31.4 Å². The first-order valence-electron chi connectivity index (χ1n) is 7.66. The van der Waals surface area contributed by atoms with Crippen molar-refractivity contribution in [2.45, 2.75) is 64.6 Å². The highest BCUT2D eigenvalue weighted by Gasteiger charge is 2.28. The number of rotatable bonds is 5. The van der Waals surface area contributed by atoms with Gasteiger partial charge >= 0.3 is 0 Å². The van der Waals surface area contributed by atoms with E-state index in [1.165, 1.54) is 0 Å². The van der Waals surface area contributed by atoms with Crippen LogP contribution in [-0.4, -0.2) is 18.0 Å². The number of carbonyl (C=O) groups is 1. The Balaban J connectivity index is 1.85. The third kappa shape index (κ3) is 4.10. The molecule has 0 unspecified atom stereocenters. The highest BCUT2D eigenvalue weighted by atomic mass is 16.3. The lowest BCUT2D eigenvalue weighted by atomic mass is 9.84. The predicted octanol–water partition coefficient (Wildman–Crippen LogP) is 3.01. The average Bonchev–Trinajstić information content (AvgIpc) is 2.92. The molecule has 0 bridgehead atoms. The van der Waals surface area contributed by atoms with Crippen LogP contribution < -0.4 is 10.6 Å². The summed E-state index contributed by atoms with van der Waals surface area (Å²) < 4.78 is 5.42. The van der Waals surface area contributed by atoms with Crippen molar-refractivity contribution in [1.82, 2.24) is 10.6 Å². The van der Waals surface area contributed by atoms with E-state index in [9.17, 15) is 4.79 Å². The molecule has 1 saturated carbocycles. The Bertz CT molecular complexity index is 414. The number of furan rings is 1. The third-order valence-corrected chi connectivity index (χ3v) is 3.93. The van der Waals surface area contributed by atoms with Crippen molar-refractivity contribution in [3.05, 3.63) is 24.2 Å². The summed E-state index contributed by atoms with van der Waals surface area (Å²) in [6.45, 7) is 6.13. The van der Waals surface area contributed by atoms with E-state index in [2.05, 4.69) is 17.6 Å². The maximum Gasteiger partial charge on any atom is 0.223 e. The minimum atomic E-state index is 0.146. The van der Waals surface area contributed by atoms with Crippen LogP contribution in [0.2, 0.25) is 0 Å². The van der Waals surface area contributed by atoms with Gasteiger partial charge in [0, 0.05) is 18.0 Å². The molecule has 0 spiro atoms. The summed E-state index contributed by atoms with van der Waals surface area (Å²) in [5, 5.41) is 6.61. The summed E-state index contributed by atoms with van der Waals surface area (Å²) in [6, 6.07) is 4.71. The SMILES string of the molecule is CC(C)NC(=O)[C@@H]1CCC[C@@H](N[C@H](C)c2ccco2)C1. The molecule has 2 N–H and O–H groups in total. The highest BCUT2D eigenvalue weighted by Crippen LogP contribution is 2.26. The van der Waals surface area contributed by atoms with Gasteiger partial charge in [-0.2, -0.15) is 0 Å². The second-order valence-corrected chi connectivity index (χ2v) is 6.13. The summed E-state index contributed by atoms with van der Waals surface area (Å²) in [6.07, 6.45) is 5.87. The molecule has 3 atom stereocenters. The topological polar surface area (TPSA) is 54.3 Å². The number of carbonyl (C=O) groups excluding carboxylic acids is 1. The van der Waals surface area contributed by atoms with Gasteiger partial charge in [-0.05, 0) is 52.2 Å². The maximum atomic E-state index is 12.1. The van der Waals surface area contributed by atoms with Crippen molar-refractivity contribution in [3.63, 3.8) is 0 Å². The van der Waals surface area contributed by atoms with E-state index in [0.29, 0.717) is 6.04 Å². The Morgan fingerprint density at radius 2 is 2.15 bits per heavy atom. The Labute approximate surface area is 121 Å². The Hall–Kier alpha value is -1.29. The number of amides is 1. The summed E-state index contributed by atoms with van der Waals surface area (Å²) in [7, 11) is 0. The van der Waals surface area contributed by atoms with Crippen LogP contribution in [0.25, 0.3) is 0 Å². The molecule has 4 heteroatoms. The standard InChI is InChI=1S/C16H26N2O2/c1-11(2)17-16(19)13-6-4-7-14(10-13)18-12(3)15-8-5-9-20-15/h5,8-9,11-14,18H,4,6-7,10H2,1-3H3,(H,17,19)/t12-,13-,14-/m1/s1. The van der Waals surface area contributed by atoms with Crippen molar-refractivity contribution < 1.29 is 9.21 Å². The molecule has 1 aromatic heterocycles. The lowest BCUT2D eigenvalue weighted by molar-refractivity contribution is -0.126. The van der Waals surface area contributed by atoms with Crippen LogP contribution >= 0.6 is 0 Å². The van der Waals surface area contributed by atoms with Gasteiger partial charge in [0.05, 0.1) is 12.3 Å². The molecule has 0 saturated heterocycles. The molecule has 20 heavy (non-hydrogen) atoms. The van der Waals surface area contributed by atoms with E-state index in [-0.39, 0.29) is 23.9 Å². The number of hydrogen-bond acceptors (Lipinski definition) is 3. The molecule has 1 aliphatic carbocycles. The molecule has 1 amide bonds. The first kappa shape index (κ1) is 15.1. The molecule has 1 aliphatic rings. The van der Waals surface area contributed by atoms with Gasteiger partial charge in [0.25, 0.3) is 0 Å². The molecule has 0 aliphatic heterocycles. The fraction of sp³-hybridized carbons (Fsp3) is 0.688. The van der Waals surface area contributed by atoms with Gasteiger partial charge in [0.2, 0.25) is 5.91 Å². The lowest BCUT2D eigenvalue weighted by Crippen LogP contribution is -2.42. The van der Waals surface area contributed by atoms with Crippen LogP contribution in [0.4, 0.5) is 0 Å². The number of nitrogens with one attached hydrogen (secondary N) is 2. The van der Waals surface area contributed by atoms with Crippen LogP contribution in [0.1, 0.15) is 58.3 Å². The minimum absolute atomic E-state index is 0.146. The van der Waals surface area contributed by atoms with E-state index < -0.39 is 0 Å². The molecule has 4 nitrogen and oxygen atoms in total. The van der Waals surface area contributed by atoms with Gasteiger partial charge in [-0.1, -0.05) is 6.42 Å². The fourth-order valence-corrected chi connectivity index (χ4v) is 2.96. The summed E-state index contributed by atoms with van der Waals surface area (Å²) in [4.78, 5) is 12.1. The Morgan fingerprint density at radius 1 is 1.35 bits per heavy atom. The quantitative estimate of drug-likeness (QED) is 0.870. The predicted molar refractivity (Wildman–Crippen MR) is 79.3 cm³/mol. The van der Waals surface area contributed by atoms with Crippen LogP contribution in [0, 0.1) is 5.92 Å². The van der Waals surface area contributed by atoms with Gasteiger partial charge in [-0.15, -0.1) is 0 Å². The van der Waals surface area contributed by atoms with Crippen molar-refractivity contribution in [3.8, 4) is 0 Å². The summed E-state index contributed by atoms with van der Waals surface area (Å²) in [5.41, 5.74) is 0. The second kappa shape index (κ2) is 6.93. The third-order valence-electron chi connectivity index (χ3n) is 3.93. The summed E-state index contributed by atoms with van der Waals surface area (Å²) in [5.74, 6) is 1.31. The monoisotopic (exact) mass is 278 g/mol. The minimum Gasteiger partial charge on any atom is -0.468 e. The van der Waals surface area contributed by atoms with Crippen molar-refractivity contribution >= 4 is 5.91 Å². The van der Waals surface area contributed by atoms with Gasteiger partial charge in [0.15, 0.2) is 0 Å². The van der Waals surface area contributed by atoms with Crippen LogP contribution in [0.5, 0.6) is 0 Å². The highest BCUT2D eigenvalue weighted by molar-refractivity contribution is 5.79. The molecule has 2 rings (SSSR count). The smallest absolute Gasteiger partial charge is 0.223 e. The van der Waals surface area contributed by atoms with Gasteiger partial charge in [0.1, 0.15) is 5.76 Å². The van der Waals surface area contributed by atoms with Crippen LogP contribution in [0.3, 0.4) is 0 Å². The van der Waals surface area contributed by atoms with Crippen molar-refractivity contribution in [2.24, 2.45) is 5.92 Å². The van der Waals surface area contributed by atoms with Crippen LogP contribution in [-0.2, 0) is 4.79 Å². The molecule has 1 fully saturated rings.